The first kappa shape index (κ1) is 6.59. The maximum atomic E-state index is 10.6. The number of cyclic esters (lactones) is 1. The molecule has 0 unspecified atom stereocenters. The zero-order chi connectivity index (χ0) is 6.85. The van der Waals surface area contributed by atoms with Gasteiger partial charge in [-0.15, -0.1) is 0 Å². The van der Waals surface area contributed by atoms with Crippen LogP contribution in [0, 0.1) is 5.92 Å². The zero-order valence-electron chi connectivity index (χ0n) is 5.89. The molecule has 1 aliphatic heterocycles. The molecule has 1 fully saturated rings. The number of hydrogen-bond donors (Lipinski definition) is 0. The Hall–Kier alpha value is -0.530. The smallest absolute Gasteiger partial charge is 0.306 e. The number of rotatable bonds is 1. The van der Waals surface area contributed by atoms with Crippen LogP contribution >= 0.6 is 0 Å². The first-order chi connectivity index (χ1) is 4.24. The summed E-state index contributed by atoms with van der Waals surface area (Å²) in [6, 6.07) is 0. The summed E-state index contributed by atoms with van der Waals surface area (Å²) in [5.74, 6) is 0.400. The molecule has 2 heteroatoms. The molecule has 0 aromatic rings. The van der Waals surface area contributed by atoms with Crippen LogP contribution in [-0.2, 0) is 9.53 Å². The van der Waals surface area contributed by atoms with Crippen molar-refractivity contribution in [3.63, 3.8) is 0 Å². The Bertz CT molecular complexity index is 120. The molecule has 1 rings (SSSR count). The summed E-state index contributed by atoms with van der Waals surface area (Å²) in [5.41, 5.74) is 0. The number of carbonyl (C=O) groups is 1. The predicted octanol–water partition coefficient (Wildman–Crippen LogP) is 1.35. The second-order valence-corrected chi connectivity index (χ2v) is 2.62. The van der Waals surface area contributed by atoms with Gasteiger partial charge in [-0.05, 0) is 6.42 Å². The molecule has 9 heavy (non-hydrogen) atoms. The molecule has 2 atom stereocenters. The Kier molecular flexibility index (Phi) is 1.74. The van der Waals surface area contributed by atoms with E-state index in [1.54, 1.807) is 0 Å². The van der Waals surface area contributed by atoms with Crippen LogP contribution in [0.4, 0.5) is 0 Å². The molecule has 0 bridgehead atoms. The summed E-state index contributed by atoms with van der Waals surface area (Å²) >= 11 is 0. The van der Waals surface area contributed by atoms with Crippen LogP contribution in [0.15, 0.2) is 0 Å². The topological polar surface area (TPSA) is 26.3 Å². The minimum Gasteiger partial charge on any atom is -0.462 e. The van der Waals surface area contributed by atoms with Crippen molar-refractivity contribution >= 4 is 5.97 Å². The normalized spacial score (nSPS) is 34.7. The van der Waals surface area contributed by atoms with Crippen molar-refractivity contribution in [2.24, 2.45) is 5.92 Å². The Morgan fingerprint density at radius 2 is 2.44 bits per heavy atom. The molecule has 0 aromatic carbocycles. The molecule has 52 valence electrons. The van der Waals surface area contributed by atoms with Crippen molar-refractivity contribution < 1.29 is 9.53 Å². The third-order valence-corrected chi connectivity index (χ3v) is 1.81. The minimum atomic E-state index is -0.0330. The standard InChI is InChI=1S/C7H12O2/c1-3-6-5(2)4-7(8)9-6/h5-6H,3-4H2,1-2H3/t5-,6+/m1/s1. The highest BCUT2D eigenvalue weighted by atomic mass is 16.5. The fourth-order valence-corrected chi connectivity index (χ4v) is 1.21. The van der Waals surface area contributed by atoms with E-state index >= 15 is 0 Å². The molecule has 1 aliphatic rings. The quantitative estimate of drug-likeness (QED) is 0.498. The lowest BCUT2D eigenvalue weighted by atomic mass is 10.0. The van der Waals surface area contributed by atoms with E-state index < -0.39 is 0 Å². The highest BCUT2D eigenvalue weighted by Gasteiger charge is 2.29. The number of hydrogen-bond acceptors (Lipinski definition) is 2. The van der Waals surface area contributed by atoms with Gasteiger partial charge in [0.1, 0.15) is 6.10 Å². The molecule has 0 N–H and O–H groups in total. The predicted molar refractivity (Wildman–Crippen MR) is 34.0 cm³/mol. The van der Waals surface area contributed by atoms with Gasteiger partial charge in [-0.1, -0.05) is 13.8 Å². The largest absolute Gasteiger partial charge is 0.462 e. The highest BCUT2D eigenvalue weighted by molar-refractivity contribution is 5.71. The van der Waals surface area contributed by atoms with Gasteiger partial charge in [0.2, 0.25) is 0 Å². The molecule has 0 amide bonds. The van der Waals surface area contributed by atoms with E-state index in [9.17, 15) is 4.79 Å². The van der Waals surface area contributed by atoms with Crippen molar-refractivity contribution in [2.45, 2.75) is 32.8 Å². The molecule has 0 saturated carbocycles. The summed E-state index contributed by atoms with van der Waals surface area (Å²) in [4.78, 5) is 10.6. The molecular formula is C7H12O2. The van der Waals surface area contributed by atoms with Gasteiger partial charge in [0.15, 0.2) is 0 Å². The lowest BCUT2D eigenvalue weighted by molar-refractivity contribution is -0.141. The molecule has 1 saturated heterocycles. The van der Waals surface area contributed by atoms with E-state index in [1.807, 2.05) is 6.92 Å². The summed E-state index contributed by atoms with van der Waals surface area (Å²) in [6.07, 6.45) is 1.75. The monoisotopic (exact) mass is 128 g/mol. The summed E-state index contributed by atoms with van der Waals surface area (Å²) in [7, 11) is 0. The molecule has 0 radical (unpaired) electrons. The van der Waals surface area contributed by atoms with Gasteiger partial charge in [0.25, 0.3) is 0 Å². The zero-order valence-corrected chi connectivity index (χ0v) is 5.89. The van der Waals surface area contributed by atoms with Gasteiger partial charge in [-0.25, -0.2) is 0 Å². The first-order valence-corrected chi connectivity index (χ1v) is 3.43. The van der Waals surface area contributed by atoms with Gasteiger partial charge in [-0.2, -0.15) is 0 Å². The number of esters is 1. The average molecular weight is 128 g/mol. The third kappa shape index (κ3) is 1.23. The van der Waals surface area contributed by atoms with E-state index in [4.69, 9.17) is 4.74 Å². The lowest BCUT2D eigenvalue weighted by Gasteiger charge is -2.08. The molecule has 2 nitrogen and oxygen atoms in total. The van der Waals surface area contributed by atoms with Gasteiger partial charge < -0.3 is 4.74 Å². The second-order valence-electron chi connectivity index (χ2n) is 2.62. The van der Waals surface area contributed by atoms with Crippen LogP contribution in [0.1, 0.15) is 26.7 Å². The van der Waals surface area contributed by atoms with E-state index in [0.29, 0.717) is 12.3 Å². The Labute approximate surface area is 55.2 Å². The van der Waals surface area contributed by atoms with Crippen LogP contribution in [0.3, 0.4) is 0 Å². The molecule has 0 spiro atoms. The molecule has 0 aliphatic carbocycles. The van der Waals surface area contributed by atoms with Crippen LogP contribution < -0.4 is 0 Å². The third-order valence-electron chi connectivity index (χ3n) is 1.81. The second kappa shape index (κ2) is 2.38. The van der Waals surface area contributed by atoms with Crippen molar-refractivity contribution in [1.82, 2.24) is 0 Å². The average Bonchev–Trinajstić information content (AvgIpc) is 2.10. The van der Waals surface area contributed by atoms with Crippen molar-refractivity contribution in [2.75, 3.05) is 0 Å². The van der Waals surface area contributed by atoms with Crippen LogP contribution in [0.2, 0.25) is 0 Å². The fourth-order valence-electron chi connectivity index (χ4n) is 1.21. The van der Waals surface area contributed by atoms with Gasteiger partial charge in [0.05, 0.1) is 6.42 Å². The Balaban J connectivity index is 2.47. The Morgan fingerprint density at radius 3 is 2.67 bits per heavy atom. The van der Waals surface area contributed by atoms with Crippen molar-refractivity contribution in [1.29, 1.82) is 0 Å². The summed E-state index contributed by atoms with van der Waals surface area (Å²) in [6.45, 7) is 4.10. The SMILES string of the molecule is CC[C@@H]1OC(=O)C[C@H]1C. The van der Waals surface area contributed by atoms with Gasteiger partial charge in [-0.3, -0.25) is 4.79 Å². The van der Waals surface area contributed by atoms with Crippen LogP contribution in [-0.4, -0.2) is 12.1 Å². The number of carbonyl (C=O) groups excluding carboxylic acids is 1. The summed E-state index contributed by atoms with van der Waals surface area (Å²) in [5, 5.41) is 0. The number of ether oxygens (including phenoxy) is 1. The van der Waals surface area contributed by atoms with Gasteiger partial charge >= 0.3 is 5.97 Å². The molecular weight excluding hydrogens is 116 g/mol. The summed E-state index contributed by atoms with van der Waals surface area (Å²) < 4.78 is 4.98. The molecule has 0 aromatic heterocycles. The van der Waals surface area contributed by atoms with Crippen LogP contribution in [0.25, 0.3) is 0 Å². The molecule has 1 heterocycles. The van der Waals surface area contributed by atoms with E-state index in [2.05, 4.69) is 6.92 Å². The maximum Gasteiger partial charge on any atom is 0.306 e. The van der Waals surface area contributed by atoms with Crippen molar-refractivity contribution in [3.8, 4) is 0 Å². The minimum absolute atomic E-state index is 0.0330. The van der Waals surface area contributed by atoms with E-state index in [1.165, 1.54) is 0 Å². The fraction of sp³-hybridized carbons (Fsp3) is 0.857. The lowest BCUT2D eigenvalue weighted by Crippen LogP contribution is -2.10. The highest BCUT2D eigenvalue weighted by Crippen LogP contribution is 2.23. The van der Waals surface area contributed by atoms with E-state index in [-0.39, 0.29) is 12.1 Å². The maximum absolute atomic E-state index is 10.6. The van der Waals surface area contributed by atoms with Crippen molar-refractivity contribution in [3.05, 3.63) is 0 Å². The van der Waals surface area contributed by atoms with Crippen LogP contribution in [0.5, 0.6) is 0 Å². The van der Waals surface area contributed by atoms with E-state index in [0.717, 1.165) is 6.42 Å². The van der Waals surface area contributed by atoms with Gasteiger partial charge in [0, 0.05) is 5.92 Å². The first-order valence-electron chi connectivity index (χ1n) is 3.43. The Morgan fingerprint density at radius 1 is 1.78 bits per heavy atom.